The molecule has 1 amide bonds. The summed E-state index contributed by atoms with van der Waals surface area (Å²) in [6.45, 7) is 6.50. The second kappa shape index (κ2) is 11.4. The minimum Gasteiger partial charge on any atom is -0.480 e. The molecule has 10 heteroatoms. The van der Waals surface area contributed by atoms with Gasteiger partial charge in [-0.3, -0.25) is 4.79 Å². The Balaban J connectivity index is 1.36. The number of carbonyl (C=O) groups is 2. The number of hydrogen-bond donors (Lipinski definition) is 4. The van der Waals surface area contributed by atoms with Crippen molar-refractivity contribution in [1.29, 1.82) is 0 Å². The van der Waals surface area contributed by atoms with Crippen LogP contribution < -0.4 is 16.1 Å². The molecule has 0 fully saturated rings. The number of aromatic nitrogens is 2. The van der Waals surface area contributed by atoms with Gasteiger partial charge >= 0.3 is 12.1 Å². The maximum atomic E-state index is 12.8. The zero-order valence-electron chi connectivity index (χ0n) is 21.7. The number of fused-ring (bicyclic) bond motifs is 2. The van der Waals surface area contributed by atoms with Crippen LogP contribution in [0.2, 0.25) is 0 Å². The Hall–Kier alpha value is -4.34. The standard InChI is InChI=1S/C28H32N4O6/c1-28(2,3)16-37-27(36)32-22(25(34)35)14-17-10-11-24-19(13-17)23(33)15-18(38-24)7-6-12-29-26-30-20-8-4-5-9-21(20)31-26/h4-5,8-11,13,15,22H,6-7,12,14,16H2,1-3H3,(H,32,36)(H,34,35)(H2,29,30,31)/t22-/m0/s1. The molecule has 1 atom stereocenters. The molecule has 38 heavy (non-hydrogen) atoms. The molecular formula is C28H32N4O6. The molecule has 4 aromatic rings. The van der Waals surface area contributed by atoms with Crippen molar-refractivity contribution in [3.8, 4) is 0 Å². The summed E-state index contributed by atoms with van der Waals surface area (Å²) in [4.78, 5) is 44.2. The number of ether oxygens (including phenoxy) is 1. The van der Waals surface area contributed by atoms with Crippen LogP contribution in [0.3, 0.4) is 0 Å². The smallest absolute Gasteiger partial charge is 0.407 e. The third kappa shape index (κ3) is 7.12. The van der Waals surface area contributed by atoms with Crippen LogP contribution in [0.4, 0.5) is 10.7 Å². The van der Waals surface area contributed by atoms with Crippen LogP contribution in [0.1, 0.15) is 38.5 Å². The van der Waals surface area contributed by atoms with E-state index in [1.165, 1.54) is 6.07 Å². The molecule has 0 aliphatic heterocycles. The van der Waals surface area contributed by atoms with Crippen LogP contribution in [0.25, 0.3) is 22.0 Å². The molecule has 0 saturated carbocycles. The van der Waals surface area contributed by atoms with Gasteiger partial charge in [0.2, 0.25) is 5.95 Å². The molecule has 4 N–H and O–H groups in total. The van der Waals surface area contributed by atoms with E-state index in [1.807, 2.05) is 45.0 Å². The number of para-hydroxylation sites is 2. The Labute approximate surface area is 219 Å². The molecule has 4 rings (SSSR count). The zero-order valence-corrected chi connectivity index (χ0v) is 21.7. The van der Waals surface area contributed by atoms with E-state index in [0.717, 1.165) is 17.5 Å². The Morgan fingerprint density at radius 1 is 1.16 bits per heavy atom. The molecule has 0 spiro atoms. The van der Waals surface area contributed by atoms with Crippen LogP contribution in [0.15, 0.2) is 57.7 Å². The first kappa shape index (κ1) is 26.7. The third-order valence-electron chi connectivity index (χ3n) is 5.79. The monoisotopic (exact) mass is 520 g/mol. The van der Waals surface area contributed by atoms with Gasteiger partial charge in [0.05, 0.1) is 23.0 Å². The first-order valence-electron chi connectivity index (χ1n) is 12.5. The lowest BCUT2D eigenvalue weighted by atomic mass is 9.99. The molecule has 0 unspecified atom stereocenters. The highest BCUT2D eigenvalue weighted by atomic mass is 16.5. The Morgan fingerprint density at radius 2 is 1.95 bits per heavy atom. The Bertz CT molecular complexity index is 1470. The van der Waals surface area contributed by atoms with E-state index < -0.39 is 18.1 Å². The van der Waals surface area contributed by atoms with Gasteiger partial charge in [0.25, 0.3) is 0 Å². The number of aromatic amines is 1. The SMILES string of the molecule is CC(C)(C)COC(=O)N[C@@H](Cc1ccc2oc(CCCNc3nc4ccccc4[nH]3)cc(=O)c2c1)C(=O)O. The van der Waals surface area contributed by atoms with E-state index in [4.69, 9.17) is 9.15 Å². The average Bonchev–Trinajstić information content (AvgIpc) is 3.28. The van der Waals surface area contributed by atoms with E-state index >= 15 is 0 Å². The lowest BCUT2D eigenvalue weighted by molar-refractivity contribution is -0.139. The summed E-state index contributed by atoms with van der Waals surface area (Å²) < 4.78 is 11.0. The number of amides is 1. The fourth-order valence-corrected chi connectivity index (χ4v) is 3.91. The van der Waals surface area contributed by atoms with Crippen molar-refractivity contribution in [3.63, 3.8) is 0 Å². The van der Waals surface area contributed by atoms with E-state index in [0.29, 0.717) is 41.2 Å². The van der Waals surface area contributed by atoms with Crippen molar-refractivity contribution < 1.29 is 23.8 Å². The molecule has 0 radical (unpaired) electrons. The summed E-state index contributed by atoms with van der Waals surface area (Å²) in [6, 6.07) is 13.0. The molecule has 0 aliphatic rings. The molecule has 2 heterocycles. The largest absolute Gasteiger partial charge is 0.480 e. The summed E-state index contributed by atoms with van der Waals surface area (Å²) in [5, 5.41) is 15.5. The maximum absolute atomic E-state index is 12.8. The molecule has 10 nitrogen and oxygen atoms in total. The molecule has 2 aromatic carbocycles. The zero-order chi connectivity index (χ0) is 27.3. The molecule has 200 valence electrons. The number of H-pyrrole nitrogens is 1. The van der Waals surface area contributed by atoms with Crippen LogP contribution in [0.5, 0.6) is 0 Å². The number of carbonyl (C=O) groups excluding carboxylic acids is 1. The minimum absolute atomic E-state index is 0.00938. The van der Waals surface area contributed by atoms with Gasteiger partial charge in [0.1, 0.15) is 17.4 Å². The van der Waals surface area contributed by atoms with Crippen LogP contribution >= 0.6 is 0 Å². The first-order chi connectivity index (χ1) is 18.1. The number of carboxylic acids is 1. The van der Waals surface area contributed by atoms with Gasteiger partial charge in [-0.15, -0.1) is 0 Å². The Morgan fingerprint density at radius 3 is 2.68 bits per heavy atom. The van der Waals surface area contributed by atoms with Crippen molar-refractivity contribution in [3.05, 3.63) is 70.1 Å². The summed E-state index contributed by atoms with van der Waals surface area (Å²) >= 11 is 0. The van der Waals surface area contributed by atoms with Gasteiger partial charge in [0, 0.05) is 25.5 Å². The van der Waals surface area contributed by atoms with Gasteiger partial charge < -0.3 is 29.9 Å². The number of alkyl carbamates (subject to hydrolysis) is 1. The number of anilines is 1. The number of carboxylic acid groups (broad SMARTS) is 1. The normalized spacial score (nSPS) is 12.4. The molecule has 0 saturated heterocycles. The third-order valence-corrected chi connectivity index (χ3v) is 5.79. The van der Waals surface area contributed by atoms with Crippen molar-refractivity contribution in [1.82, 2.24) is 15.3 Å². The fraction of sp³-hybridized carbons (Fsp3) is 0.357. The van der Waals surface area contributed by atoms with Gasteiger partial charge in [0.15, 0.2) is 5.43 Å². The number of hydrogen-bond acceptors (Lipinski definition) is 7. The highest BCUT2D eigenvalue weighted by molar-refractivity contribution is 5.81. The van der Waals surface area contributed by atoms with E-state index in [9.17, 15) is 19.5 Å². The average molecular weight is 521 g/mol. The highest BCUT2D eigenvalue weighted by Crippen LogP contribution is 2.18. The molecule has 2 aromatic heterocycles. The van der Waals surface area contributed by atoms with Crippen LogP contribution in [-0.4, -0.2) is 46.3 Å². The van der Waals surface area contributed by atoms with Crippen molar-refractivity contribution in [2.45, 2.75) is 46.1 Å². The van der Waals surface area contributed by atoms with Gasteiger partial charge in [-0.2, -0.15) is 0 Å². The predicted molar refractivity (Wildman–Crippen MR) is 144 cm³/mol. The number of nitrogens with zero attached hydrogens (tertiary/aromatic N) is 1. The lowest BCUT2D eigenvalue weighted by Gasteiger charge is -2.20. The predicted octanol–water partition coefficient (Wildman–Crippen LogP) is 4.48. The van der Waals surface area contributed by atoms with Crippen molar-refractivity contribution in [2.24, 2.45) is 5.41 Å². The fourth-order valence-electron chi connectivity index (χ4n) is 3.91. The second-order valence-corrected chi connectivity index (χ2v) is 10.4. The van der Waals surface area contributed by atoms with Gasteiger partial charge in [-0.1, -0.05) is 39.0 Å². The summed E-state index contributed by atoms with van der Waals surface area (Å²) in [5.41, 5.74) is 2.40. The Kier molecular flexibility index (Phi) is 7.99. The molecule has 0 aliphatic carbocycles. The van der Waals surface area contributed by atoms with Gasteiger partial charge in [-0.25, -0.2) is 14.6 Å². The quantitative estimate of drug-likeness (QED) is 0.224. The molecule has 0 bridgehead atoms. The van der Waals surface area contributed by atoms with Crippen LogP contribution in [0, 0.1) is 5.41 Å². The minimum atomic E-state index is -1.20. The number of rotatable bonds is 10. The number of nitrogens with one attached hydrogen (secondary N) is 3. The number of aryl methyl sites for hydroxylation is 1. The number of aliphatic carboxylic acids is 1. The van der Waals surface area contributed by atoms with Gasteiger partial charge in [-0.05, 0) is 41.7 Å². The van der Waals surface area contributed by atoms with Crippen molar-refractivity contribution in [2.75, 3.05) is 18.5 Å². The number of imidazole rings is 1. The van der Waals surface area contributed by atoms with Crippen molar-refractivity contribution >= 4 is 40.0 Å². The number of benzene rings is 2. The van der Waals surface area contributed by atoms with E-state index in [1.54, 1.807) is 18.2 Å². The highest BCUT2D eigenvalue weighted by Gasteiger charge is 2.23. The van der Waals surface area contributed by atoms with Crippen LogP contribution in [-0.2, 0) is 22.4 Å². The lowest BCUT2D eigenvalue weighted by Crippen LogP contribution is -2.43. The summed E-state index contributed by atoms with van der Waals surface area (Å²) in [5.74, 6) is 0.0556. The topological polar surface area (TPSA) is 147 Å². The molecular weight excluding hydrogens is 488 g/mol. The summed E-state index contributed by atoms with van der Waals surface area (Å²) in [7, 11) is 0. The maximum Gasteiger partial charge on any atom is 0.407 e. The summed E-state index contributed by atoms with van der Waals surface area (Å²) in [6.07, 6.45) is 0.472. The second-order valence-electron chi connectivity index (χ2n) is 10.4. The van der Waals surface area contributed by atoms with E-state index in [2.05, 4.69) is 20.6 Å². The first-order valence-corrected chi connectivity index (χ1v) is 12.5. The van der Waals surface area contributed by atoms with E-state index in [-0.39, 0.29) is 23.9 Å².